The number of halogens is 1. The Balaban J connectivity index is 1.46. The first-order valence-electron chi connectivity index (χ1n) is 10.2. The molecule has 0 spiro atoms. The van der Waals surface area contributed by atoms with Crippen LogP contribution in [0.1, 0.15) is 26.4 Å². The predicted octanol–water partition coefficient (Wildman–Crippen LogP) is 4.96. The highest BCUT2D eigenvalue weighted by Crippen LogP contribution is 2.38. The monoisotopic (exact) mass is 470 g/mol. The number of ether oxygens (including phenoxy) is 1. The molecule has 0 bridgehead atoms. The van der Waals surface area contributed by atoms with Gasteiger partial charge in [0.2, 0.25) is 5.91 Å². The summed E-state index contributed by atoms with van der Waals surface area (Å²) in [5.74, 6) is -0.800. The molecule has 0 radical (unpaired) electrons. The number of nitrogens with zero attached hydrogens (tertiary/aromatic N) is 1. The highest BCUT2D eigenvalue weighted by molar-refractivity contribution is 8.00. The number of carbonyl (C=O) groups excluding carboxylic acids is 2. The van der Waals surface area contributed by atoms with E-state index in [9.17, 15) is 14.0 Å². The molecule has 0 atom stereocenters. The van der Waals surface area contributed by atoms with Gasteiger partial charge in [0.05, 0.1) is 18.4 Å². The van der Waals surface area contributed by atoms with Crippen molar-refractivity contribution in [2.24, 2.45) is 0 Å². The zero-order chi connectivity index (χ0) is 22.5. The molecule has 0 unspecified atom stereocenters. The first kappa shape index (κ1) is 22.5. The number of hydrogen-bond acceptors (Lipinski definition) is 6. The third-order valence-electron chi connectivity index (χ3n) is 5.21. The second kappa shape index (κ2) is 10.3. The number of amides is 1. The van der Waals surface area contributed by atoms with Gasteiger partial charge in [-0.15, -0.1) is 23.1 Å². The fourth-order valence-corrected chi connectivity index (χ4v) is 5.67. The van der Waals surface area contributed by atoms with Gasteiger partial charge in [-0.2, -0.15) is 0 Å². The maximum Gasteiger partial charge on any atom is 0.341 e. The van der Waals surface area contributed by atoms with Crippen molar-refractivity contribution in [2.75, 3.05) is 24.7 Å². The van der Waals surface area contributed by atoms with Crippen molar-refractivity contribution in [3.63, 3.8) is 0 Å². The van der Waals surface area contributed by atoms with E-state index in [0.717, 1.165) is 41.4 Å². The molecule has 32 heavy (non-hydrogen) atoms. The van der Waals surface area contributed by atoms with E-state index in [1.54, 1.807) is 12.1 Å². The summed E-state index contributed by atoms with van der Waals surface area (Å²) in [5, 5.41) is 3.43. The van der Waals surface area contributed by atoms with Crippen LogP contribution < -0.4 is 5.32 Å². The average molecular weight is 471 g/mol. The van der Waals surface area contributed by atoms with Crippen LogP contribution in [0, 0.1) is 5.82 Å². The van der Waals surface area contributed by atoms with Crippen molar-refractivity contribution < 1.29 is 18.7 Å². The SMILES string of the molecule is COC(=O)c1c(NC(=O)CSc2ccc(F)cc2)sc2c1CCN(Cc1ccccc1)C2. The fourth-order valence-electron chi connectivity index (χ4n) is 3.68. The number of anilines is 1. The number of thioether (sulfide) groups is 1. The Kier molecular flexibility index (Phi) is 7.24. The Morgan fingerprint density at radius 1 is 1.16 bits per heavy atom. The molecule has 0 saturated heterocycles. The summed E-state index contributed by atoms with van der Waals surface area (Å²) in [7, 11) is 1.35. The molecule has 4 rings (SSSR count). The van der Waals surface area contributed by atoms with Crippen LogP contribution in [0.5, 0.6) is 0 Å². The van der Waals surface area contributed by atoms with Gasteiger partial charge in [0, 0.05) is 29.4 Å². The van der Waals surface area contributed by atoms with E-state index in [1.165, 1.54) is 47.9 Å². The molecule has 2 heterocycles. The van der Waals surface area contributed by atoms with Crippen LogP contribution in [0.4, 0.5) is 9.39 Å². The Morgan fingerprint density at radius 2 is 1.91 bits per heavy atom. The number of rotatable bonds is 7. The number of carbonyl (C=O) groups is 2. The number of benzene rings is 2. The molecule has 0 saturated carbocycles. The molecular weight excluding hydrogens is 447 g/mol. The minimum absolute atomic E-state index is 0.162. The quantitative estimate of drug-likeness (QED) is 0.391. The van der Waals surface area contributed by atoms with Crippen LogP contribution in [0.2, 0.25) is 0 Å². The number of nitrogens with one attached hydrogen (secondary N) is 1. The molecular formula is C24H23FN2O3S2. The van der Waals surface area contributed by atoms with Crippen LogP contribution in [0.25, 0.3) is 0 Å². The average Bonchev–Trinajstić information content (AvgIpc) is 3.15. The second-order valence-corrected chi connectivity index (χ2v) is 9.59. The third-order valence-corrected chi connectivity index (χ3v) is 7.36. The summed E-state index contributed by atoms with van der Waals surface area (Å²) < 4.78 is 18.1. The molecule has 1 aliphatic heterocycles. The van der Waals surface area contributed by atoms with Crippen LogP contribution in [-0.2, 0) is 29.0 Å². The summed E-state index contributed by atoms with van der Waals surface area (Å²) in [4.78, 5) is 29.3. The first-order chi connectivity index (χ1) is 15.5. The molecule has 0 fully saturated rings. The molecule has 166 valence electrons. The van der Waals surface area contributed by atoms with E-state index in [1.807, 2.05) is 18.2 Å². The van der Waals surface area contributed by atoms with E-state index in [4.69, 9.17) is 4.74 Å². The molecule has 3 aromatic rings. The maximum absolute atomic E-state index is 13.1. The van der Waals surface area contributed by atoms with Crippen LogP contribution in [0.15, 0.2) is 59.5 Å². The van der Waals surface area contributed by atoms with Crippen molar-refractivity contribution in [3.05, 3.63) is 82.0 Å². The molecule has 0 aliphatic carbocycles. The first-order valence-corrected chi connectivity index (χ1v) is 12.0. The highest BCUT2D eigenvalue weighted by atomic mass is 32.2. The summed E-state index contributed by atoms with van der Waals surface area (Å²) in [6.07, 6.45) is 0.725. The lowest BCUT2D eigenvalue weighted by atomic mass is 10.0. The molecule has 8 heteroatoms. The van der Waals surface area contributed by atoms with Gasteiger partial charge in [0.25, 0.3) is 0 Å². The van der Waals surface area contributed by atoms with Gasteiger partial charge in [-0.1, -0.05) is 30.3 Å². The van der Waals surface area contributed by atoms with Gasteiger partial charge < -0.3 is 10.1 Å². The normalized spacial score (nSPS) is 13.4. The summed E-state index contributed by atoms with van der Waals surface area (Å²) in [5.41, 5.74) is 2.67. The highest BCUT2D eigenvalue weighted by Gasteiger charge is 2.29. The summed E-state index contributed by atoms with van der Waals surface area (Å²) >= 11 is 2.75. The van der Waals surface area contributed by atoms with Gasteiger partial charge in [0.15, 0.2) is 0 Å². The lowest BCUT2D eigenvalue weighted by Gasteiger charge is -2.27. The lowest BCUT2D eigenvalue weighted by molar-refractivity contribution is -0.113. The summed E-state index contributed by atoms with van der Waals surface area (Å²) in [6, 6.07) is 16.3. The molecule has 1 aromatic heterocycles. The minimum Gasteiger partial charge on any atom is -0.465 e. The Labute approximate surface area is 194 Å². The largest absolute Gasteiger partial charge is 0.465 e. The van der Waals surface area contributed by atoms with Crippen molar-refractivity contribution in [1.82, 2.24) is 4.90 Å². The van der Waals surface area contributed by atoms with Crippen molar-refractivity contribution in [2.45, 2.75) is 24.4 Å². The van der Waals surface area contributed by atoms with Crippen LogP contribution in [-0.4, -0.2) is 36.2 Å². The molecule has 2 aromatic carbocycles. The zero-order valence-corrected chi connectivity index (χ0v) is 19.2. The van der Waals surface area contributed by atoms with Gasteiger partial charge in [0.1, 0.15) is 10.8 Å². The molecule has 1 aliphatic rings. The number of hydrogen-bond donors (Lipinski definition) is 1. The van der Waals surface area contributed by atoms with E-state index < -0.39 is 5.97 Å². The van der Waals surface area contributed by atoms with Gasteiger partial charge in [-0.25, -0.2) is 9.18 Å². The van der Waals surface area contributed by atoms with Crippen molar-refractivity contribution in [3.8, 4) is 0 Å². The van der Waals surface area contributed by atoms with Crippen LogP contribution >= 0.6 is 23.1 Å². The van der Waals surface area contributed by atoms with Gasteiger partial charge in [-0.05, 0) is 41.8 Å². The maximum atomic E-state index is 13.1. The van der Waals surface area contributed by atoms with Gasteiger partial charge in [-0.3, -0.25) is 9.69 Å². The van der Waals surface area contributed by atoms with Crippen LogP contribution in [0.3, 0.4) is 0 Å². The predicted molar refractivity (Wildman–Crippen MR) is 126 cm³/mol. The molecule has 1 N–H and O–H groups in total. The number of thiophene rings is 1. The smallest absolute Gasteiger partial charge is 0.341 e. The number of esters is 1. The van der Waals surface area contributed by atoms with E-state index in [-0.39, 0.29) is 17.5 Å². The standard InChI is InChI=1S/C24H23FN2O3S2/c1-30-24(29)22-19-11-12-27(13-16-5-3-2-4-6-16)14-20(19)32-23(22)26-21(28)15-31-18-9-7-17(25)8-10-18/h2-10H,11-15H2,1H3,(H,26,28). The lowest BCUT2D eigenvalue weighted by Crippen LogP contribution is -2.29. The topological polar surface area (TPSA) is 58.6 Å². The van der Waals surface area contributed by atoms with E-state index in [2.05, 4.69) is 22.3 Å². The molecule has 5 nitrogen and oxygen atoms in total. The third kappa shape index (κ3) is 5.38. The number of methoxy groups -OCH3 is 1. The molecule has 1 amide bonds. The van der Waals surface area contributed by atoms with E-state index >= 15 is 0 Å². The Morgan fingerprint density at radius 3 is 2.62 bits per heavy atom. The Bertz CT molecular complexity index is 1100. The van der Waals surface area contributed by atoms with Crippen molar-refractivity contribution in [1.29, 1.82) is 0 Å². The second-order valence-electron chi connectivity index (χ2n) is 7.44. The minimum atomic E-state index is -0.430. The Hall–Kier alpha value is -2.68. The van der Waals surface area contributed by atoms with Crippen molar-refractivity contribution >= 4 is 40.0 Å². The number of fused-ring (bicyclic) bond motifs is 1. The van der Waals surface area contributed by atoms with Gasteiger partial charge >= 0.3 is 5.97 Å². The van der Waals surface area contributed by atoms with E-state index in [0.29, 0.717) is 10.6 Å². The summed E-state index contributed by atoms with van der Waals surface area (Å²) in [6.45, 7) is 2.39. The zero-order valence-electron chi connectivity index (χ0n) is 17.6. The fraction of sp³-hybridized carbons (Fsp3) is 0.250.